The average Bonchev–Trinajstić information content (AvgIpc) is 3.32. The maximum atomic E-state index is 13.7. The minimum Gasteiger partial charge on any atom is -0.493 e. The maximum absolute atomic E-state index is 13.7. The lowest BCUT2D eigenvalue weighted by molar-refractivity contribution is 0.0539. The van der Waals surface area contributed by atoms with Crippen molar-refractivity contribution in [1.29, 1.82) is 0 Å². The molecule has 1 aliphatic rings. The number of benzene rings is 1. The molecule has 1 saturated heterocycles. The van der Waals surface area contributed by atoms with E-state index in [9.17, 15) is 4.79 Å². The number of piperidine rings is 1. The third-order valence-electron chi connectivity index (χ3n) is 5.86. The van der Waals surface area contributed by atoms with Crippen LogP contribution in [0.2, 0.25) is 0 Å². The van der Waals surface area contributed by atoms with Crippen molar-refractivity contribution in [1.82, 2.24) is 24.9 Å². The molecular formula is C23H28N6O2. The summed E-state index contributed by atoms with van der Waals surface area (Å²) in [5.74, 6) is 1.74. The number of carbonyl (C=O) groups is 1. The summed E-state index contributed by atoms with van der Waals surface area (Å²) in [5, 5.41) is 11.9. The van der Waals surface area contributed by atoms with Crippen LogP contribution < -0.4 is 10.1 Å². The zero-order valence-corrected chi connectivity index (χ0v) is 18.2. The Bertz CT molecular complexity index is 1040. The SMILES string of the molecule is COc1cccnc1NCC1[C@H](C)CCCN1C(=O)c1cc(C)ccc1-n1nccn1. The molecular weight excluding hydrogens is 392 g/mol. The van der Waals surface area contributed by atoms with Crippen LogP contribution in [-0.4, -0.2) is 57.0 Å². The summed E-state index contributed by atoms with van der Waals surface area (Å²) < 4.78 is 5.40. The van der Waals surface area contributed by atoms with Crippen LogP contribution in [0, 0.1) is 12.8 Å². The van der Waals surface area contributed by atoms with E-state index in [0.29, 0.717) is 35.3 Å². The van der Waals surface area contributed by atoms with Gasteiger partial charge in [-0.2, -0.15) is 15.0 Å². The zero-order chi connectivity index (χ0) is 21.8. The van der Waals surface area contributed by atoms with Crippen LogP contribution >= 0.6 is 0 Å². The van der Waals surface area contributed by atoms with Crippen LogP contribution in [-0.2, 0) is 0 Å². The highest BCUT2D eigenvalue weighted by atomic mass is 16.5. The van der Waals surface area contributed by atoms with Crippen LogP contribution in [0.4, 0.5) is 5.82 Å². The number of nitrogens with one attached hydrogen (secondary N) is 1. The van der Waals surface area contributed by atoms with E-state index in [1.54, 1.807) is 25.7 Å². The van der Waals surface area contributed by atoms with E-state index < -0.39 is 0 Å². The number of hydrogen-bond donors (Lipinski definition) is 1. The minimum absolute atomic E-state index is 0.00216. The first kappa shape index (κ1) is 20.8. The Labute approximate surface area is 182 Å². The van der Waals surface area contributed by atoms with Gasteiger partial charge in [0, 0.05) is 19.3 Å². The van der Waals surface area contributed by atoms with Crippen molar-refractivity contribution >= 4 is 11.7 Å². The lowest BCUT2D eigenvalue weighted by Gasteiger charge is -2.40. The first-order valence-corrected chi connectivity index (χ1v) is 10.6. The smallest absolute Gasteiger partial charge is 0.256 e. The van der Waals surface area contributed by atoms with Gasteiger partial charge in [0.15, 0.2) is 11.6 Å². The molecule has 0 bridgehead atoms. The summed E-state index contributed by atoms with van der Waals surface area (Å²) in [5.41, 5.74) is 2.33. The van der Waals surface area contributed by atoms with Crippen LogP contribution in [0.25, 0.3) is 5.69 Å². The van der Waals surface area contributed by atoms with Crippen molar-refractivity contribution in [3.63, 3.8) is 0 Å². The lowest BCUT2D eigenvalue weighted by Crippen LogP contribution is -2.51. The Morgan fingerprint density at radius 1 is 1.23 bits per heavy atom. The Kier molecular flexibility index (Phi) is 6.16. The Morgan fingerprint density at radius 3 is 2.81 bits per heavy atom. The molecule has 1 unspecified atom stereocenters. The molecule has 1 fully saturated rings. The van der Waals surface area contributed by atoms with Crippen molar-refractivity contribution in [2.24, 2.45) is 5.92 Å². The molecule has 0 spiro atoms. The summed E-state index contributed by atoms with van der Waals surface area (Å²) in [4.78, 5) is 21.6. The fourth-order valence-corrected chi connectivity index (χ4v) is 4.19. The van der Waals surface area contributed by atoms with Gasteiger partial charge in [0.1, 0.15) is 0 Å². The lowest BCUT2D eigenvalue weighted by atomic mass is 9.89. The third kappa shape index (κ3) is 4.38. The van der Waals surface area contributed by atoms with E-state index >= 15 is 0 Å². The van der Waals surface area contributed by atoms with E-state index in [0.717, 1.165) is 24.9 Å². The molecule has 31 heavy (non-hydrogen) atoms. The number of likely N-dealkylation sites (tertiary alicyclic amines) is 1. The Balaban J connectivity index is 1.61. The quantitative estimate of drug-likeness (QED) is 0.658. The second-order valence-electron chi connectivity index (χ2n) is 7.96. The number of rotatable bonds is 6. The number of carbonyl (C=O) groups excluding carboxylic acids is 1. The molecule has 2 atom stereocenters. The van der Waals surface area contributed by atoms with E-state index in [1.807, 2.05) is 42.2 Å². The molecule has 4 rings (SSSR count). The number of nitrogens with zero attached hydrogens (tertiary/aromatic N) is 5. The van der Waals surface area contributed by atoms with E-state index in [2.05, 4.69) is 27.4 Å². The van der Waals surface area contributed by atoms with E-state index in [4.69, 9.17) is 4.74 Å². The van der Waals surface area contributed by atoms with Gasteiger partial charge in [0.2, 0.25) is 0 Å². The molecule has 3 heterocycles. The summed E-state index contributed by atoms with van der Waals surface area (Å²) in [6.45, 7) is 5.51. The number of aromatic nitrogens is 4. The highest BCUT2D eigenvalue weighted by molar-refractivity contribution is 5.98. The number of methoxy groups -OCH3 is 1. The first-order valence-electron chi connectivity index (χ1n) is 10.6. The second kappa shape index (κ2) is 9.16. The van der Waals surface area contributed by atoms with Gasteiger partial charge in [-0.05, 0) is 49.9 Å². The van der Waals surface area contributed by atoms with Crippen LogP contribution in [0.1, 0.15) is 35.7 Å². The highest BCUT2D eigenvalue weighted by Gasteiger charge is 2.33. The molecule has 8 nitrogen and oxygen atoms in total. The van der Waals surface area contributed by atoms with Crippen molar-refractivity contribution < 1.29 is 9.53 Å². The van der Waals surface area contributed by atoms with Crippen molar-refractivity contribution in [2.75, 3.05) is 25.5 Å². The molecule has 8 heteroatoms. The molecule has 1 N–H and O–H groups in total. The summed E-state index contributed by atoms with van der Waals surface area (Å²) in [7, 11) is 1.63. The summed E-state index contributed by atoms with van der Waals surface area (Å²) >= 11 is 0. The molecule has 162 valence electrons. The second-order valence-corrected chi connectivity index (χ2v) is 7.96. The van der Waals surface area contributed by atoms with Gasteiger partial charge in [-0.3, -0.25) is 4.79 Å². The standard InChI is InChI=1S/C23H28N6O2/c1-16-8-9-19(29-26-11-12-27-29)18(14-16)23(30)28-13-5-6-17(2)20(28)15-25-22-21(31-3)7-4-10-24-22/h4,7-12,14,17,20H,5-6,13,15H2,1-3H3,(H,24,25)/t17-,20?/m1/s1. The minimum atomic E-state index is 0.00216. The van der Waals surface area contributed by atoms with Gasteiger partial charge in [-0.15, -0.1) is 0 Å². The fraction of sp³-hybridized carbons (Fsp3) is 0.391. The molecule has 0 radical (unpaired) electrons. The largest absolute Gasteiger partial charge is 0.493 e. The Hall–Kier alpha value is -3.42. The van der Waals surface area contributed by atoms with Crippen LogP contribution in [0.5, 0.6) is 5.75 Å². The number of anilines is 1. The fourth-order valence-electron chi connectivity index (χ4n) is 4.19. The van der Waals surface area contributed by atoms with Crippen molar-refractivity contribution in [3.05, 3.63) is 60.0 Å². The van der Waals surface area contributed by atoms with E-state index in [-0.39, 0.29) is 11.9 Å². The van der Waals surface area contributed by atoms with Crippen molar-refractivity contribution in [2.45, 2.75) is 32.7 Å². The Morgan fingerprint density at radius 2 is 2.03 bits per heavy atom. The number of ether oxygens (including phenoxy) is 1. The van der Waals surface area contributed by atoms with Gasteiger partial charge in [0.25, 0.3) is 5.91 Å². The monoisotopic (exact) mass is 420 g/mol. The highest BCUT2D eigenvalue weighted by Crippen LogP contribution is 2.28. The molecule has 0 aliphatic carbocycles. The van der Waals surface area contributed by atoms with Gasteiger partial charge >= 0.3 is 0 Å². The van der Waals surface area contributed by atoms with Gasteiger partial charge in [-0.1, -0.05) is 18.6 Å². The number of pyridine rings is 1. The molecule has 1 aromatic carbocycles. The average molecular weight is 421 g/mol. The number of hydrogen-bond acceptors (Lipinski definition) is 6. The summed E-state index contributed by atoms with van der Waals surface area (Å²) in [6, 6.07) is 9.55. The number of aryl methyl sites for hydroxylation is 1. The predicted octanol–water partition coefficient (Wildman–Crippen LogP) is 3.33. The van der Waals surface area contributed by atoms with Gasteiger partial charge in [0.05, 0.1) is 36.8 Å². The topological polar surface area (TPSA) is 85.2 Å². The van der Waals surface area contributed by atoms with Crippen molar-refractivity contribution in [3.8, 4) is 11.4 Å². The molecule has 3 aromatic rings. The third-order valence-corrected chi connectivity index (χ3v) is 5.86. The van der Waals surface area contributed by atoms with Gasteiger partial charge < -0.3 is 15.0 Å². The first-order chi connectivity index (χ1) is 15.1. The van der Waals surface area contributed by atoms with Crippen LogP contribution in [0.3, 0.4) is 0 Å². The zero-order valence-electron chi connectivity index (χ0n) is 18.2. The van der Waals surface area contributed by atoms with Crippen LogP contribution in [0.15, 0.2) is 48.9 Å². The number of amides is 1. The van der Waals surface area contributed by atoms with E-state index in [1.165, 1.54) is 4.80 Å². The maximum Gasteiger partial charge on any atom is 0.256 e. The molecule has 1 aliphatic heterocycles. The summed E-state index contributed by atoms with van der Waals surface area (Å²) in [6.07, 6.45) is 7.02. The molecule has 0 saturated carbocycles. The molecule has 1 amide bonds. The normalized spacial score (nSPS) is 18.6. The molecule has 2 aromatic heterocycles. The van der Waals surface area contributed by atoms with Gasteiger partial charge in [-0.25, -0.2) is 4.98 Å². The predicted molar refractivity (Wildman–Crippen MR) is 119 cm³/mol.